The molecule has 1 N–H and O–H groups in total. The quantitative estimate of drug-likeness (QED) is 0.917. The predicted molar refractivity (Wildman–Crippen MR) is 60.2 cm³/mol. The SMILES string of the molecule is N#Cc1ccc(-n2cc(C(=O)O)c(C(F)(F)F)c2)cn1. The number of aromatic carboxylic acids is 1. The number of rotatable bonds is 2. The first kappa shape index (κ1) is 13.6. The number of pyridine rings is 1. The molecule has 0 saturated carbocycles. The fourth-order valence-corrected chi connectivity index (χ4v) is 1.60. The van der Waals surface area contributed by atoms with E-state index in [0.717, 1.165) is 10.8 Å². The molecular weight excluding hydrogens is 275 g/mol. The largest absolute Gasteiger partial charge is 0.478 e. The molecule has 5 nitrogen and oxygen atoms in total. The molecule has 102 valence electrons. The summed E-state index contributed by atoms with van der Waals surface area (Å²) in [5.74, 6) is -1.67. The van der Waals surface area contributed by atoms with Gasteiger partial charge in [0.15, 0.2) is 0 Å². The van der Waals surface area contributed by atoms with E-state index in [0.29, 0.717) is 6.20 Å². The third-order valence-corrected chi connectivity index (χ3v) is 2.52. The van der Waals surface area contributed by atoms with E-state index in [1.807, 2.05) is 0 Å². The van der Waals surface area contributed by atoms with E-state index in [9.17, 15) is 18.0 Å². The van der Waals surface area contributed by atoms with Gasteiger partial charge < -0.3 is 9.67 Å². The Morgan fingerprint density at radius 1 is 1.35 bits per heavy atom. The van der Waals surface area contributed by atoms with Gasteiger partial charge in [-0.25, -0.2) is 9.78 Å². The minimum absolute atomic E-state index is 0.107. The molecule has 0 atom stereocenters. The monoisotopic (exact) mass is 281 g/mol. The minimum atomic E-state index is -4.76. The van der Waals surface area contributed by atoms with Crippen LogP contribution < -0.4 is 0 Å². The fourth-order valence-electron chi connectivity index (χ4n) is 1.60. The summed E-state index contributed by atoms with van der Waals surface area (Å²) in [6.45, 7) is 0. The first-order valence-corrected chi connectivity index (χ1v) is 5.22. The first-order valence-electron chi connectivity index (χ1n) is 5.22. The van der Waals surface area contributed by atoms with Gasteiger partial charge in [-0.3, -0.25) is 0 Å². The lowest BCUT2D eigenvalue weighted by Crippen LogP contribution is -2.09. The Balaban J connectivity index is 2.53. The molecule has 0 unspecified atom stereocenters. The summed E-state index contributed by atoms with van der Waals surface area (Å²) < 4.78 is 39.2. The smallest absolute Gasteiger partial charge is 0.418 e. The van der Waals surface area contributed by atoms with Crippen LogP contribution in [-0.4, -0.2) is 20.6 Å². The van der Waals surface area contributed by atoms with E-state index >= 15 is 0 Å². The van der Waals surface area contributed by atoms with Gasteiger partial charge in [0.1, 0.15) is 11.8 Å². The van der Waals surface area contributed by atoms with Crippen LogP contribution in [0.5, 0.6) is 0 Å². The number of carboxylic acid groups (broad SMARTS) is 1. The average Bonchev–Trinajstić information content (AvgIpc) is 2.84. The van der Waals surface area contributed by atoms with Crippen LogP contribution in [-0.2, 0) is 6.18 Å². The Morgan fingerprint density at radius 3 is 2.45 bits per heavy atom. The zero-order valence-electron chi connectivity index (χ0n) is 9.72. The Hall–Kier alpha value is -2.82. The highest BCUT2D eigenvalue weighted by Gasteiger charge is 2.37. The van der Waals surface area contributed by atoms with E-state index in [1.165, 1.54) is 18.3 Å². The lowest BCUT2D eigenvalue weighted by molar-refractivity contribution is -0.138. The van der Waals surface area contributed by atoms with Gasteiger partial charge in [0.2, 0.25) is 0 Å². The number of aromatic nitrogens is 2. The van der Waals surface area contributed by atoms with Crippen molar-refractivity contribution in [2.45, 2.75) is 6.18 Å². The molecule has 0 saturated heterocycles. The van der Waals surface area contributed by atoms with Crippen molar-refractivity contribution < 1.29 is 23.1 Å². The van der Waals surface area contributed by atoms with E-state index in [1.54, 1.807) is 6.07 Å². The molecule has 0 aliphatic heterocycles. The summed E-state index contributed by atoms with van der Waals surface area (Å²) in [5.41, 5.74) is -1.76. The predicted octanol–water partition coefficient (Wildman–Crippen LogP) is 2.46. The molecule has 20 heavy (non-hydrogen) atoms. The van der Waals surface area contributed by atoms with Gasteiger partial charge in [-0.2, -0.15) is 18.4 Å². The number of carbonyl (C=O) groups is 1. The van der Waals surface area contributed by atoms with Crippen molar-refractivity contribution in [3.63, 3.8) is 0 Å². The van der Waals surface area contributed by atoms with Crippen molar-refractivity contribution in [1.29, 1.82) is 5.26 Å². The van der Waals surface area contributed by atoms with E-state index < -0.39 is 23.3 Å². The van der Waals surface area contributed by atoms with Crippen molar-refractivity contribution in [2.24, 2.45) is 0 Å². The maximum atomic E-state index is 12.7. The summed E-state index contributed by atoms with van der Waals surface area (Å²) in [4.78, 5) is 14.6. The van der Waals surface area contributed by atoms with Crippen molar-refractivity contribution >= 4 is 5.97 Å². The summed E-state index contributed by atoms with van der Waals surface area (Å²) in [6.07, 6.45) is -2.05. The van der Waals surface area contributed by atoms with Crippen LogP contribution in [0, 0.1) is 11.3 Å². The standard InChI is InChI=1S/C12H6F3N3O2/c13-12(14,15)10-6-18(5-9(10)11(19)20)8-2-1-7(3-16)17-4-8/h1-2,4-6H,(H,19,20). The maximum Gasteiger partial charge on any atom is 0.418 e. The van der Waals surface area contributed by atoms with Crippen LogP contribution in [0.4, 0.5) is 13.2 Å². The van der Waals surface area contributed by atoms with Crippen LogP contribution in [0.15, 0.2) is 30.7 Å². The Morgan fingerprint density at radius 2 is 2.05 bits per heavy atom. The Kier molecular flexibility index (Phi) is 3.19. The molecule has 2 aromatic heterocycles. The zero-order valence-corrected chi connectivity index (χ0v) is 9.72. The van der Waals surface area contributed by atoms with Gasteiger partial charge in [0.05, 0.1) is 23.0 Å². The maximum absolute atomic E-state index is 12.7. The highest BCUT2D eigenvalue weighted by molar-refractivity contribution is 5.89. The molecular formula is C12H6F3N3O2. The van der Waals surface area contributed by atoms with Crippen molar-refractivity contribution in [3.05, 3.63) is 47.5 Å². The van der Waals surface area contributed by atoms with Crippen LogP contribution in [0.1, 0.15) is 21.6 Å². The normalized spacial score (nSPS) is 11.1. The average molecular weight is 281 g/mol. The van der Waals surface area contributed by atoms with Gasteiger partial charge in [0, 0.05) is 12.4 Å². The minimum Gasteiger partial charge on any atom is -0.478 e. The molecule has 0 radical (unpaired) electrons. The van der Waals surface area contributed by atoms with Crippen LogP contribution in [0.25, 0.3) is 5.69 Å². The number of nitrogens with zero attached hydrogens (tertiary/aromatic N) is 3. The molecule has 0 aliphatic carbocycles. The van der Waals surface area contributed by atoms with Crippen molar-refractivity contribution in [2.75, 3.05) is 0 Å². The van der Waals surface area contributed by atoms with Crippen molar-refractivity contribution in [3.8, 4) is 11.8 Å². The number of hydrogen-bond acceptors (Lipinski definition) is 3. The molecule has 0 aliphatic rings. The Bertz CT molecular complexity index is 696. The number of alkyl halides is 3. The highest BCUT2D eigenvalue weighted by Crippen LogP contribution is 2.33. The lowest BCUT2D eigenvalue weighted by Gasteiger charge is -2.04. The van der Waals surface area contributed by atoms with Gasteiger partial charge in [-0.05, 0) is 12.1 Å². The second kappa shape index (κ2) is 4.70. The third-order valence-electron chi connectivity index (χ3n) is 2.52. The molecule has 0 spiro atoms. The number of nitriles is 1. The summed E-state index contributed by atoms with van der Waals surface area (Å²) >= 11 is 0. The van der Waals surface area contributed by atoms with Gasteiger partial charge in [0.25, 0.3) is 0 Å². The zero-order chi connectivity index (χ0) is 14.9. The molecule has 8 heteroatoms. The topological polar surface area (TPSA) is 78.9 Å². The molecule has 2 rings (SSSR count). The highest BCUT2D eigenvalue weighted by atomic mass is 19.4. The van der Waals surface area contributed by atoms with E-state index in [2.05, 4.69) is 4.98 Å². The van der Waals surface area contributed by atoms with Crippen LogP contribution in [0.2, 0.25) is 0 Å². The molecule has 0 aromatic carbocycles. The summed E-state index contributed by atoms with van der Waals surface area (Å²) in [5, 5.41) is 17.4. The third kappa shape index (κ3) is 2.47. The molecule has 2 aromatic rings. The molecule has 0 fully saturated rings. The van der Waals surface area contributed by atoms with Crippen LogP contribution >= 0.6 is 0 Å². The Labute approximate surface area is 110 Å². The molecule has 0 bridgehead atoms. The van der Waals surface area contributed by atoms with Gasteiger partial charge >= 0.3 is 12.1 Å². The summed E-state index contributed by atoms with van der Waals surface area (Å²) in [7, 11) is 0. The fraction of sp³-hybridized carbons (Fsp3) is 0.0833. The number of halogens is 3. The molecule has 0 amide bonds. The van der Waals surface area contributed by atoms with Crippen LogP contribution in [0.3, 0.4) is 0 Å². The van der Waals surface area contributed by atoms with Crippen molar-refractivity contribution in [1.82, 2.24) is 9.55 Å². The second-order valence-electron chi connectivity index (χ2n) is 3.81. The number of carboxylic acids is 1. The van der Waals surface area contributed by atoms with Gasteiger partial charge in [-0.15, -0.1) is 0 Å². The number of hydrogen-bond donors (Lipinski definition) is 1. The lowest BCUT2D eigenvalue weighted by atomic mass is 10.2. The first-order chi connectivity index (χ1) is 9.32. The molecule has 2 heterocycles. The van der Waals surface area contributed by atoms with Gasteiger partial charge in [-0.1, -0.05) is 0 Å². The second-order valence-corrected chi connectivity index (χ2v) is 3.81. The summed E-state index contributed by atoms with van der Waals surface area (Å²) in [6, 6.07) is 4.47. The van der Waals surface area contributed by atoms with E-state index in [4.69, 9.17) is 10.4 Å². The van der Waals surface area contributed by atoms with E-state index in [-0.39, 0.29) is 11.4 Å².